The van der Waals surface area contributed by atoms with Gasteiger partial charge in [0.1, 0.15) is 0 Å². The maximum Gasteiger partial charge on any atom is 0.236 e. The zero-order valence-corrected chi connectivity index (χ0v) is 13.8. The van der Waals surface area contributed by atoms with Crippen molar-refractivity contribution in [3.8, 4) is 0 Å². The number of likely N-dealkylation sites (tertiary alicyclic amines) is 1. The Hall–Kier alpha value is -0.610. The van der Waals surface area contributed by atoms with Crippen LogP contribution in [-0.2, 0) is 4.79 Å². The highest BCUT2D eigenvalue weighted by Crippen LogP contribution is 2.19. The standard InChI is InChI=1S/C16H32N2O2/c1-12(2)9-18(13(3)4)16(20)11-17-8-6-7-15(10-17)14(5)19/h12-15,19H,6-11H2,1-5H3. The van der Waals surface area contributed by atoms with Gasteiger partial charge < -0.3 is 10.0 Å². The van der Waals surface area contributed by atoms with Gasteiger partial charge in [0.05, 0.1) is 12.6 Å². The molecule has 20 heavy (non-hydrogen) atoms. The largest absolute Gasteiger partial charge is 0.393 e. The van der Waals surface area contributed by atoms with E-state index in [0.717, 1.165) is 32.5 Å². The van der Waals surface area contributed by atoms with Crippen molar-refractivity contribution >= 4 is 5.91 Å². The van der Waals surface area contributed by atoms with Crippen LogP contribution >= 0.6 is 0 Å². The van der Waals surface area contributed by atoms with Crippen LogP contribution in [0.2, 0.25) is 0 Å². The lowest BCUT2D eigenvalue weighted by Gasteiger charge is -2.36. The molecule has 1 rings (SSSR count). The molecule has 2 unspecified atom stereocenters. The second-order valence-electron chi connectivity index (χ2n) is 6.91. The smallest absolute Gasteiger partial charge is 0.236 e. The highest BCUT2D eigenvalue weighted by molar-refractivity contribution is 5.78. The summed E-state index contributed by atoms with van der Waals surface area (Å²) in [5.41, 5.74) is 0. The Morgan fingerprint density at radius 3 is 2.45 bits per heavy atom. The van der Waals surface area contributed by atoms with E-state index >= 15 is 0 Å². The van der Waals surface area contributed by atoms with Gasteiger partial charge in [-0.1, -0.05) is 13.8 Å². The normalized spacial score (nSPS) is 22.3. The van der Waals surface area contributed by atoms with E-state index < -0.39 is 0 Å². The van der Waals surface area contributed by atoms with Gasteiger partial charge in [0.25, 0.3) is 0 Å². The molecule has 0 aromatic heterocycles. The SMILES string of the molecule is CC(C)CN(C(=O)CN1CCCC(C(C)O)C1)C(C)C. The number of carbonyl (C=O) groups is 1. The summed E-state index contributed by atoms with van der Waals surface area (Å²) in [4.78, 5) is 16.7. The van der Waals surface area contributed by atoms with Crippen molar-refractivity contribution in [3.05, 3.63) is 0 Å². The molecule has 118 valence electrons. The van der Waals surface area contributed by atoms with Crippen LogP contribution in [0.5, 0.6) is 0 Å². The Morgan fingerprint density at radius 2 is 1.95 bits per heavy atom. The van der Waals surface area contributed by atoms with E-state index in [1.54, 1.807) is 0 Å². The molecule has 0 radical (unpaired) electrons. The van der Waals surface area contributed by atoms with E-state index in [9.17, 15) is 9.90 Å². The van der Waals surface area contributed by atoms with Crippen LogP contribution in [0, 0.1) is 11.8 Å². The molecule has 0 aliphatic carbocycles. The molecule has 2 atom stereocenters. The van der Waals surface area contributed by atoms with Crippen LogP contribution < -0.4 is 0 Å². The van der Waals surface area contributed by atoms with Gasteiger partial charge in [-0.15, -0.1) is 0 Å². The minimum atomic E-state index is -0.273. The highest BCUT2D eigenvalue weighted by Gasteiger charge is 2.26. The van der Waals surface area contributed by atoms with E-state index in [0.29, 0.717) is 18.4 Å². The lowest BCUT2D eigenvalue weighted by atomic mass is 9.93. The van der Waals surface area contributed by atoms with E-state index in [2.05, 4.69) is 32.6 Å². The number of nitrogens with zero attached hydrogens (tertiary/aromatic N) is 2. The van der Waals surface area contributed by atoms with Crippen LogP contribution in [0.1, 0.15) is 47.5 Å². The van der Waals surface area contributed by atoms with Gasteiger partial charge in [-0.25, -0.2) is 0 Å². The lowest BCUT2D eigenvalue weighted by molar-refractivity contribution is -0.135. The van der Waals surface area contributed by atoms with Crippen LogP contribution in [0.25, 0.3) is 0 Å². The Balaban J connectivity index is 2.54. The molecule has 1 fully saturated rings. The summed E-state index contributed by atoms with van der Waals surface area (Å²) >= 11 is 0. The molecule has 4 heteroatoms. The fourth-order valence-corrected chi connectivity index (χ4v) is 2.90. The summed E-state index contributed by atoms with van der Waals surface area (Å²) in [6, 6.07) is 0.252. The van der Waals surface area contributed by atoms with Gasteiger partial charge >= 0.3 is 0 Å². The molecule has 0 spiro atoms. The molecule has 1 aliphatic heterocycles. The van der Waals surface area contributed by atoms with Crippen molar-refractivity contribution in [1.82, 2.24) is 9.80 Å². The molecule has 1 aliphatic rings. The lowest BCUT2D eigenvalue weighted by Crippen LogP contribution is -2.48. The molecule has 1 N–H and O–H groups in total. The number of carbonyl (C=O) groups excluding carboxylic acids is 1. The zero-order chi connectivity index (χ0) is 15.3. The first-order valence-corrected chi connectivity index (χ1v) is 8.01. The molecule has 0 aromatic carbocycles. The number of hydrogen-bond acceptors (Lipinski definition) is 3. The highest BCUT2D eigenvalue weighted by atomic mass is 16.3. The van der Waals surface area contributed by atoms with Crippen LogP contribution in [0.4, 0.5) is 0 Å². The molecular formula is C16H32N2O2. The number of aliphatic hydroxyl groups excluding tert-OH is 1. The predicted octanol–water partition coefficient (Wildman–Crippen LogP) is 1.97. The van der Waals surface area contributed by atoms with Crippen molar-refractivity contribution in [2.24, 2.45) is 11.8 Å². The first kappa shape index (κ1) is 17.4. The van der Waals surface area contributed by atoms with Crippen molar-refractivity contribution in [3.63, 3.8) is 0 Å². The van der Waals surface area contributed by atoms with E-state index in [-0.39, 0.29) is 18.1 Å². The number of amides is 1. The number of hydrogen-bond donors (Lipinski definition) is 1. The molecule has 4 nitrogen and oxygen atoms in total. The summed E-state index contributed by atoms with van der Waals surface area (Å²) < 4.78 is 0. The van der Waals surface area contributed by atoms with Crippen molar-refractivity contribution in [2.75, 3.05) is 26.2 Å². The second kappa shape index (κ2) is 7.99. The monoisotopic (exact) mass is 284 g/mol. The van der Waals surface area contributed by atoms with Gasteiger partial charge in [-0.3, -0.25) is 9.69 Å². The second-order valence-corrected chi connectivity index (χ2v) is 6.91. The maximum atomic E-state index is 12.5. The third-order valence-electron chi connectivity index (χ3n) is 4.09. The van der Waals surface area contributed by atoms with Crippen molar-refractivity contribution in [2.45, 2.75) is 59.6 Å². The topological polar surface area (TPSA) is 43.8 Å². The van der Waals surface area contributed by atoms with Gasteiger partial charge in [-0.05, 0) is 52.0 Å². The summed E-state index contributed by atoms with van der Waals surface area (Å²) in [6.07, 6.45) is 1.88. The molecule has 1 amide bonds. The van der Waals surface area contributed by atoms with Gasteiger partial charge in [-0.2, -0.15) is 0 Å². The van der Waals surface area contributed by atoms with Gasteiger partial charge in [0, 0.05) is 19.1 Å². The predicted molar refractivity (Wildman–Crippen MR) is 82.5 cm³/mol. The number of aliphatic hydroxyl groups is 1. The van der Waals surface area contributed by atoms with E-state index in [4.69, 9.17) is 0 Å². The maximum absolute atomic E-state index is 12.5. The van der Waals surface area contributed by atoms with Gasteiger partial charge in [0.15, 0.2) is 0 Å². The van der Waals surface area contributed by atoms with Gasteiger partial charge in [0.2, 0.25) is 5.91 Å². The molecule has 0 bridgehead atoms. The summed E-state index contributed by atoms with van der Waals surface area (Å²) in [5.74, 6) is 1.03. The average Bonchev–Trinajstić information content (AvgIpc) is 2.35. The number of rotatable bonds is 6. The summed E-state index contributed by atoms with van der Waals surface area (Å²) in [6.45, 7) is 13.4. The van der Waals surface area contributed by atoms with E-state index in [1.165, 1.54) is 0 Å². The third-order valence-corrected chi connectivity index (χ3v) is 4.09. The first-order chi connectivity index (χ1) is 9.31. The van der Waals surface area contributed by atoms with Crippen LogP contribution in [-0.4, -0.2) is 59.1 Å². The minimum absolute atomic E-state index is 0.222. The summed E-state index contributed by atoms with van der Waals surface area (Å²) in [5, 5.41) is 9.72. The van der Waals surface area contributed by atoms with Crippen molar-refractivity contribution in [1.29, 1.82) is 0 Å². The minimum Gasteiger partial charge on any atom is -0.393 e. The van der Waals surface area contributed by atoms with Crippen LogP contribution in [0.3, 0.4) is 0 Å². The summed E-state index contributed by atoms with van der Waals surface area (Å²) in [7, 11) is 0. The van der Waals surface area contributed by atoms with Crippen LogP contribution in [0.15, 0.2) is 0 Å². The molecule has 1 saturated heterocycles. The first-order valence-electron chi connectivity index (χ1n) is 8.01. The molecule has 0 saturated carbocycles. The molecule has 1 heterocycles. The number of piperidine rings is 1. The molecular weight excluding hydrogens is 252 g/mol. The Kier molecular flexibility index (Phi) is 6.96. The fraction of sp³-hybridized carbons (Fsp3) is 0.938. The quantitative estimate of drug-likeness (QED) is 0.811. The zero-order valence-electron chi connectivity index (χ0n) is 13.8. The fourth-order valence-electron chi connectivity index (χ4n) is 2.90. The Bertz CT molecular complexity index is 303. The van der Waals surface area contributed by atoms with Crippen molar-refractivity contribution < 1.29 is 9.90 Å². The Labute approximate surface area is 124 Å². The van der Waals surface area contributed by atoms with E-state index in [1.807, 2.05) is 11.8 Å². The molecule has 0 aromatic rings. The average molecular weight is 284 g/mol. The third kappa shape index (κ3) is 5.41. The Morgan fingerprint density at radius 1 is 1.30 bits per heavy atom.